The van der Waals surface area contributed by atoms with Crippen LogP contribution in [0.4, 0.5) is 18.9 Å². The Kier molecular flexibility index (Phi) is 9.77. The summed E-state index contributed by atoms with van der Waals surface area (Å²) in [4.78, 5) is 19.8. The van der Waals surface area contributed by atoms with Gasteiger partial charge in [-0.1, -0.05) is 12.1 Å². The van der Waals surface area contributed by atoms with Gasteiger partial charge in [-0.15, -0.1) is 0 Å². The number of benzene rings is 2. The van der Waals surface area contributed by atoms with Gasteiger partial charge in [0.25, 0.3) is 5.91 Å². The number of pyridine rings is 1. The van der Waals surface area contributed by atoms with E-state index in [2.05, 4.69) is 52.5 Å². The summed E-state index contributed by atoms with van der Waals surface area (Å²) in [5.74, 6) is 0.329. The van der Waals surface area contributed by atoms with Gasteiger partial charge in [-0.25, -0.2) is 0 Å². The van der Waals surface area contributed by atoms with Gasteiger partial charge in [0.05, 0.1) is 18.2 Å². The maximum Gasteiger partial charge on any atom is 0.405 e. The van der Waals surface area contributed by atoms with E-state index in [0.29, 0.717) is 35.4 Å². The Morgan fingerprint density at radius 3 is 2.33 bits per heavy atom. The number of halogens is 3. The van der Waals surface area contributed by atoms with Crippen molar-refractivity contribution >= 4 is 35.1 Å². The van der Waals surface area contributed by atoms with Crippen LogP contribution in [0.1, 0.15) is 40.0 Å². The number of aryl methyl sites for hydroxylation is 2. The van der Waals surface area contributed by atoms with Crippen LogP contribution in [0.5, 0.6) is 5.75 Å². The summed E-state index contributed by atoms with van der Waals surface area (Å²) < 4.78 is 43.6. The van der Waals surface area contributed by atoms with E-state index in [0.717, 1.165) is 28.8 Å². The first-order valence-corrected chi connectivity index (χ1v) is 13.4. The van der Waals surface area contributed by atoms with Crippen molar-refractivity contribution in [3.8, 4) is 5.75 Å². The van der Waals surface area contributed by atoms with Gasteiger partial charge in [0.1, 0.15) is 12.3 Å². The summed E-state index contributed by atoms with van der Waals surface area (Å²) in [5.41, 5.74) is 3.09. The number of ether oxygens (including phenoxy) is 1. The number of amides is 1. The molecule has 0 saturated heterocycles. The number of hydrogen-bond donors (Lipinski definition) is 3. The van der Waals surface area contributed by atoms with Gasteiger partial charge in [-0.2, -0.15) is 25.8 Å². The molecule has 2 aliphatic rings. The molecule has 210 valence electrons. The number of hydrogen-bond acceptors (Lipinski definition) is 6. The monoisotopic (exact) mass is 560 g/mol. The number of methoxy groups -OCH3 is 1. The highest BCUT2D eigenvalue weighted by molar-refractivity contribution is 7.79. The fourth-order valence-electron chi connectivity index (χ4n) is 4.20. The van der Waals surface area contributed by atoms with Crippen LogP contribution in [0.2, 0.25) is 0 Å². The van der Waals surface area contributed by atoms with Crippen molar-refractivity contribution < 1.29 is 22.7 Å². The highest BCUT2D eigenvalue weighted by Gasteiger charge is 2.47. The molecule has 1 aliphatic carbocycles. The third-order valence-electron chi connectivity index (χ3n) is 6.50. The van der Waals surface area contributed by atoms with Gasteiger partial charge in [-0.3, -0.25) is 9.78 Å². The van der Waals surface area contributed by atoms with E-state index in [1.54, 1.807) is 30.5 Å². The lowest BCUT2D eigenvalue weighted by Gasteiger charge is -2.22. The van der Waals surface area contributed by atoms with Crippen LogP contribution >= 0.6 is 12.6 Å². The minimum Gasteiger partial charge on any atom is -0.497 e. The molecule has 1 amide bonds. The van der Waals surface area contributed by atoms with Crippen molar-refractivity contribution in [2.75, 3.05) is 38.8 Å². The number of rotatable bonds is 6. The number of thiol groups is 1. The summed E-state index contributed by atoms with van der Waals surface area (Å²) in [6, 6.07) is 12.4. The molecule has 2 N–H and O–H groups in total. The Morgan fingerprint density at radius 1 is 1.13 bits per heavy atom. The molecule has 2 aromatic carbocycles. The predicted octanol–water partition coefficient (Wildman–Crippen LogP) is 6.25. The minimum atomic E-state index is -4.34. The first-order valence-electron chi connectivity index (χ1n) is 12.5. The van der Waals surface area contributed by atoms with Gasteiger partial charge in [0.2, 0.25) is 0 Å². The van der Waals surface area contributed by atoms with Gasteiger partial charge in [0.15, 0.2) is 0 Å². The van der Waals surface area contributed by atoms with E-state index >= 15 is 0 Å². The van der Waals surface area contributed by atoms with Crippen LogP contribution < -0.4 is 15.4 Å². The highest BCUT2D eigenvalue weighted by atomic mass is 32.1. The molecule has 5 rings (SSSR count). The van der Waals surface area contributed by atoms with Gasteiger partial charge in [0, 0.05) is 35.9 Å². The third-order valence-corrected chi connectivity index (χ3v) is 6.50. The zero-order valence-corrected chi connectivity index (χ0v) is 23.7. The lowest BCUT2D eigenvalue weighted by atomic mass is 9.97. The average Bonchev–Trinajstić information content (AvgIpc) is 3.67. The normalized spacial score (nSPS) is 14.7. The zero-order chi connectivity index (χ0) is 28.8. The molecule has 2 heterocycles. The van der Waals surface area contributed by atoms with Crippen molar-refractivity contribution in [3.05, 3.63) is 77.1 Å². The molecule has 1 saturated carbocycles. The summed E-state index contributed by atoms with van der Waals surface area (Å²) in [6.45, 7) is 3.67. The number of aromatic nitrogens is 1. The molecule has 6 nitrogen and oxygen atoms in total. The SMILES string of the molecule is CN1C=CC1.COc1ccc(C)c(C(=O)NC2(c3cc(NCC(F)(F)F)cc4nc(C)ccc34)CC2)c1.CS. The summed E-state index contributed by atoms with van der Waals surface area (Å²) >= 11 is 3.53. The van der Waals surface area contributed by atoms with E-state index in [-0.39, 0.29) is 5.91 Å². The molecule has 1 aliphatic heterocycles. The molecular formula is C29H35F3N4O2S. The van der Waals surface area contributed by atoms with Gasteiger partial charge in [-0.05, 0) is 86.7 Å². The quantitative estimate of drug-likeness (QED) is 0.311. The number of anilines is 1. The molecule has 0 spiro atoms. The third kappa shape index (κ3) is 7.81. The molecule has 1 aromatic heterocycles. The molecule has 3 aromatic rings. The van der Waals surface area contributed by atoms with Crippen molar-refractivity contribution in [1.29, 1.82) is 0 Å². The average molecular weight is 561 g/mol. The van der Waals surface area contributed by atoms with E-state index in [9.17, 15) is 18.0 Å². The number of nitrogens with zero attached hydrogens (tertiary/aromatic N) is 2. The molecule has 0 unspecified atom stereocenters. The van der Waals surface area contributed by atoms with E-state index in [4.69, 9.17) is 4.74 Å². The fraction of sp³-hybridized carbons (Fsp3) is 0.379. The largest absolute Gasteiger partial charge is 0.497 e. The standard InChI is InChI=1S/C24H24F3N3O2.C4H7N.CH4S/c1-14-4-6-17(32-3)12-19(14)22(31)30-23(8-9-23)20-10-16(28-13-24(25,26)27)11-21-18(20)7-5-15(2)29-21;1-5-3-2-4-5;1-2/h4-7,10-12,28H,8-9,13H2,1-3H3,(H,30,31);2-3H,4H2,1H3;2H,1H3. The lowest BCUT2D eigenvalue weighted by molar-refractivity contribution is -0.115. The smallest absolute Gasteiger partial charge is 0.405 e. The number of carbonyl (C=O) groups is 1. The van der Waals surface area contributed by atoms with E-state index < -0.39 is 18.3 Å². The second kappa shape index (κ2) is 12.6. The van der Waals surface area contributed by atoms with Crippen molar-refractivity contribution in [2.45, 2.75) is 38.4 Å². The topological polar surface area (TPSA) is 66.5 Å². The first-order chi connectivity index (χ1) is 18.5. The maximum absolute atomic E-state index is 13.1. The second-order valence-electron chi connectivity index (χ2n) is 9.55. The van der Waals surface area contributed by atoms with Gasteiger partial charge >= 0.3 is 6.18 Å². The number of nitrogens with one attached hydrogen (secondary N) is 2. The predicted molar refractivity (Wildman–Crippen MR) is 154 cm³/mol. The van der Waals surface area contributed by atoms with Crippen LogP contribution in [0, 0.1) is 13.8 Å². The summed E-state index contributed by atoms with van der Waals surface area (Å²) in [6.07, 6.45) is 2.91. The minimum absolute atomic E-state index is 0.249. The molecule has 1 fully saturated rings. The molecule has 0 atom stereocenters. The first kappa shape index (κ1) is 30.1. The fourth-order valence-corrected chi connectivity index (χ4v) is 4.20. The second-order valence-corrected chi connectivity index (χ2v) is 9.55. The Hall–Kier alpha value is -3.40. The van der Waals surface area contributed by atoms with Crippen LogP contribution in [0.25, 0.3) is 10.9 Å². The molecule has 10 heteroatoms. The maximum atomic E-state index is 13.1. The Morgan fingerprint density at radius 2 is 1.79 bits per heavy atom. The Balaban J connectivity index is 0.000000530. The van der Waals surface area contributed by atoms with Crippen molar-refractivity contribution in [2.24, 2.45) is 0 Å². The number of carbonyl (C=O) groups excluding carboxylic acids is 1. The molecular weight excluding hydrogens is 525 g/mol. The summed E-state index contributed by atoms with van der Waals surface area (Å²) in [5, 5.41) is 6.39. The van der Waals surface area contributed by atoms with E-state index in [1.165, 1.54) is 7.11 Å². The number of alkyl halides is 3. The Bertz CT molecular complexity index is 1340. The lowest BCUT2D eigenvalue weighted by Crippen LogP contribution is -2.35. The van der Waals surface area contributed by atoms with Crippen LogP contribution in [-0.2, 0) is 5.54 Å². The molecule has 0 radical (unpaired) electrons. The molecule has 0 bridgehead atoms. The van der Waals surface area contributed by atoms with Crippen LogP contribution in [0.15, 0.2) is 54.7 Å². The molecule has 39 heavy (non-hydrogen) atoms. The van der Waals surface area contributed by atoms with Crippen LogP contribution in [-0.4, -0.2) is 55.5 Å². The number of likely N-dealkylation sites (N-methyl/N-ethyl adjacent to an activating group) is 1. The summed E-state index contributed by atoms with van der Waals surface area (Å²) in [7, 11) is 3.59. The van der Waals surface area contributed by atoms with Crippen molar-refractivity contribution in [1.82, 2.24) is 15.2 Å². The van der Waals surface area contributed by atoms with Crippen LogP contribution in [0.3, 0.4) is 0 Å². The van der Waals surface area contributed by atoms with Crippen molar-refractivity contribution in [3.63, 3.8) is 0 Å². The zero-order valence-electron chi connectivity index (χ0n) is 22.8. The van der Waals surface area contributed by atoms with E-state index in [1.807, 2.05) is 32.0 Å². The Labute approximate surface area is 233 Å². The highest BCUT2D eigenvalue weighted by Crippen LogP contribution is 2.49. The number of fused-ring (bicyclic) bond motifs is 1. The van der Waals surface area contributed by atoms with Gasteiger partial charge < -0.3 is 20.3 Å².